The highest BCUT2D eigenvalue weighted by molar-refractivity contribution is 7.20. The lowest BCUT2D eigenvalue weighted by atomic mass is 10.2. The van der Waals surface area contributed by atoms with Gasteiger partial charge in [-0.1, -0.05) is 6.07 Å². The van der Waals surface area contributed by atoms with Crippen molar-refractivity contribution in [2.45, 2.75) is 13.8 Å². The van der Waals surface area contributed by atoms with Gasteiger partial charge in [-0.2, -0.15) is 5.26 Å². The highest BCUT2D eigenvalue weighted by Gasteiger charge is 2.19. The van der Waals surface area contributed by atoms with Gasteiger partial charge in [-0.25, -0.2) is 4.39 Å². The Hall–Kier alpha value is -1.93. The summed E-state index contributed by atoms with van der Waals surface area (Å²) < 4.78 is 14.4. The molecule has 0 saturated heterocycles. The van der Waals surface area contributed by atoms with Crippen LogP contribution in [0, 0.1) is 23.1 Å². The summed E-state index contributed by atoms with van der Waals surface area (Å²) in [5.74, 6) is -0.675. The molecule has 0 aliphatic carbocycles. The minimum atomic E-state index is -0.314. The topological polar surface area (TPSA) is 44.1 Å². The maximum Gasteiger partial charge on any atom is 0.263 e. The number of amides is 1. The number of hydrogen-bond donors (Lipinski definition) is 0. The Morgan fingerprint density at radius 1 is 1.55 bits per heavy atom. The van der Waals surface area contributed by atoms with Gasteiger partial charge in [-0.15, -0.1) is 11.3 Å². The molecule has 1 amide bonds. The molecule has 1 aromatic heterocycles. The predicted molar refractivity (Wildman–Crippen MR) is 78.1 cm³/mol. The van der Waals surface area contributed by atoms with Gasteiger partial charge >= 0.3 is 0 Å². The van der Waals surface area contributed by atoms with Crippen molar-refractivity contribution in [1.82, 2.24) is 4.90 Å². The number of rotatable bonds is 4. The predicted octanol–water partition coefficient (Wildman–Crippen LogP) is 3.66. The average molecular weight is 290 g/mol. The molecule has 2 aromatic rings. The van der Waals surface area contributed by atoms with Crippen molar-refractivity contribution in [2.24, 2.45) is 5.92 Å². The van der Waals surface area contributed by atoms with E-state index in [9.17, 15) is 9.18 Å². The van der Waals surface area contributed by atoms with Crippen molar-refractivity contribution in [1.29, 1.82) is 5.26 Å². The van der Waals surface area contributed by atoms with Gasteiger partial charge < -0.3 is 4.90 Å². The van der Waals surface area contributed by atoms with E-state index >= 15 is 0 Å². The Kier molecular flexibility index (Phi) is 4.35. The summed E-state index contributed by atoms with van der Waals surface area (Å²) in [6, 6.07) is 8.54. The first-order chi connectivity index (χ1) is 9.56. The van der Waals surface area contributed by atoms with Crippen LogP contribution >= 0.6 is 11.3 Å². The number of benzene rings is 1. The summed E-state index contributed by atoms with van der Waals surface area (Å²) in [6.45, 7) is 4.57. The number of halogens is 1. The molecular formula is C15H15FN2OS. The maximum absolute atomic E-state index is 13.6. The van der Waals surface area contributed by atoms with Gasteiger partial charge in [0, 0.05) is 23.2 Å². The van der Waals surface area contributed by atoms with Gasteiger partial charge in [0.25, 0.3) is 5.91 Å². The van der Waals surface area contributed by atoms with E-state index in [1.54, 1.807) is 30.0 Å². The Balaban J connectivity index is 2.30. The van der Waals surface area contributed by atoms with Gasteiger partial charge in [0.2, 0.25) is 0 Å². The van der Waals surface area contributed by atoms with Crippen LogP contribution < -0.4 is 0 Å². The maximum atomic E-state index is 13.6. The molecule has 3 nitrogen and oxygen atoms in total. The van der Waals surface area contributed by atoms with Crippen LogP contribution in [0.15, 0.2) is 24.3 Å². The lowest BCUT2D eigenvalue weighted by molar-refractivity contribution is 0.0757. The standard InChI is InChI=1S/C15H15FN2OS/c1-3-18(9-10(2)8-17)15(19)14-7-11-12(16)5-4-6-13(11)20-14/h4-7,10H,3,9H2,1-2H3/t10-/m1/s1. The van der Waals surface area contributed by atoms with E-state index in [1.165, 1.54) is 17.4 Å². The van der Waals surface area contributed by atoms with Gasteiger partial charge in [0.1, 0.15) is 5.82 Å². The molecule has 0 spiro atoms. The second-order valence-corrected chi connectivity index (χ2v) is 5.72. The molecule has 0 radical (unpaired) electrons. The molecule has 0 aliphatic rings. The monoisotopic (exact) mass is 290 g/mol. The highest BCUT2D eigenvalue weighted by Crippen LogP contribution is 2.28. The van der Waals surface area contributed by atoms with Gasteiger partial charge in [-0.3, -0.25) is 4.79 Å². The SMILES string of the molecule is CCN(C[C@H](C)C#N)C(=O)c1cc2c(F)cccc2s1. The summed E-state index contributed by atoms with van der Waals surface area (Å²) >= 11 is 1.28. The van der Waals surface area contributed by atoms with Crippen LogP contribution in [0.4, 0.5) is 4.39 Å². The summed E-state index contributed by atoms with van der Waals surface area (Å²) in [4.78, 5) is 14.5. The van der Waals surface area contributed by atoms with E-state index < -0.39 is 0 Å². The zero-order chi connectivity index (χ0) is 14.7. The van der Waals surface area contributed by atoms with Crippen LogP contribution in [0.25, 0.3) is 10.1 Å². The number of nitrogens with zero attached hydrogens (tertiary/aromatic N) is 2. The summed E-state index contributed by atoms with van der Waals surface area (Å²) in [5, 5.41) is 9.32. The Labute approximate surface area is 121 Å². The van der Waals surface area contributed by atoms with Crippen LogP contribution in [0.5, 0.6) is 0 Å². The van der Waals surface area contributed by atoms with Gasteiger partial charge in [0.15, 0.2) is 0 Å². The van der Waals surface area contributed by atoms with E-state index in [1.807, 2.05) is 6.92 Å². The Morgan fingerprint density at radius 2 is 2.30 bits per heavy atom. The average Bonchev–Trinajstić information content (AvgIpc) is 2.89. The van der Waals surface area contributed by atoms with Crippen molar-refractivity contribution in [2.75, 3.05) is 13.1 Å². The zero-order valence-electron chi connectivity index (χ0n) is 11.4. The van der Waals surface area contributed by atoms with Crippen molar-refractivity contribution in [3.8, 4) is 6.07 Å². The van der Waals surface area contributed by atoms with E-state index in [-0.39, 0.29) is 17.6 Å². The van der Waals surface area contributed by atoms with E-state index in [0.29, 0.717) is 23.4 Å². The highest BCUT2D eigenvalue weighted by atomic mass is 32.1. The van der Waals surface area contributed by atoms with Crippen molar-refractivity contribution in [3.63, 3.8) is 0 Å². The molecule has 1 aromatic carbocycles. The number of thiophene rings is 1. The zero-order valence-corrected chi connectivity index (χ0v) is 12.2. The number of nitriles is 1. The fourth-order valence-corrected chi connectivity index (χ4v) is 3.06. The minimum Gasteiger partial charge on any atom is -0.337 e. The van der Waals surface area contributed by atoms with Crippen LogP contribution in [-0.2, 0) is 0 Å². The van der Waals surface area contributed by atoms with Crippen LogP contribution in [-0.4, -0.2) is 23.9 Å². The first kappa shape index (κ1) is 14.5. The number of hydrogen-bond acceptors (Lipinski definition) is 3. The van der Waals surface area contributed by atoms with E-state index in [4.69, 9.17) is 5.26 Å². The minimum absolute atomic E-state index is 0.143. The Bertz CT molecular complexity index is 674. The molecule has 104 valence electrons. The second kappa shape index (κ2) is 6.02. The molecule has 0 N–H and O–H groups in total. The van der Waals surface area contributed by atoms with Crippen LogP contribution in [0.3, 0.4) is 0 Å². The number of fused-ring (bicyclic) bond motifs is 1. The molecule has 0 bridgehead atoms. The van der Waals surface area contributed by atoms with Gasteiger partial charge in [0.05, 0.1) is 16.9 Å². The van der Waals surface area contributed by atoms with Crippen molar-refractivity contribution < 1.29 is 9.18 Å². The summed E-state index contributed by atoms with van der Waals surface area (Å²) in [5.41, 5.74) is 0. The molecule has 1 atom stereocenters. The molecule has 0 unspecified atom stereocenters. The number of carbonyl (C=O) groups excluding carboxylic acids is 1. The lowest BCUT2D eigenvalue weighted by Crippen LogP contribution is -2.33. The fourth-order valence-electron chi connectivity index (χ4n) is 2.01. The van der Waals surface area contributed by atoms with E-state index in [2.05, 4.69) is 6.07 Å². The lowest BCUT2D eigenvalue weighted by Gasteiger charge is -2.21. The fraction of sp³-hybridized carbons (Fsp3) is 0.333. The third-order valence-electron chi connectivity index (χ3n) is 3.10. The molecule has 20 heavy (non-hydrogen) atoms. The number of carbonyl (C=O) groups is 1. The molecule has 2 rings (SSSR count). The normalized spacial score (nSPS) is 12.1. The quantitative estimate of drug-likeness (QED) is 0.862. The summed E-state index contributed by atoms with van der Waals surface area (Å²) in [6.07, 6.45) is 0. The molecule has 5 heteroatoms. The summed E-state index contributed by atoms with van der Waals surface area (Å²) in [7, 11) is 0. The molecule has 0 aliphatic heterocycles. The van der Waals surface area contributed by atoms with Gasteiger partial charge in [-0.05, 0) is 32.0 Å². The first-order valence-electron chi connectivity index (χ1n) is 6.43. The second-order valence-electron chi connectivity index (χ2n) is 4.64. The molecule has 0 saturated carbocycles. The van der Waals surface area contributed by atoms with Crippen LogP contribution in [0.2, 0.25) is 0 Å². The van der Waals surface area contributed by atoms with E-state index in [0.717, 1.165) is 4.70 Å². The molecule has 0 fully saturated rings. The van der Waals surface area contributed by atoms with Crippen LogP contribution in [0.1, 0.15) is 23.5 Å². The first-order valence-corrected chi connectivity index (χ1v) is 7.25. The Morgan fingerprint density at radius 3 is 2.90 bits per heavy atom. The smallest absolute Gasteiger partial charge is 0.263 e. The molecule has 1 heterocycles. The third kappa shape index (κ3) is 2.81. The largest absolute Gasteiger partial charge is 0.337 e. The third-order valence-corrected chi connectivity index (χ3v) is 4.19. The van der Waals surface area contributed by atoms with Crippen molar-refractivity contribution >= 4 is 27.3 Å². The molecular weight excluding hydrogens is 275 g/mol. The van der Waals surface area contributed by atoms with Crippen molar-refractivity contribution in [3.05, 3.63) is 35.0 Å².